The van der Waals surface area contributed by atoms with Gasteiger partial charge in [0.25, 0.3) is 10.9 Å². The fourth-order valence-electron chi connectivity index (χ4n) is 0.468. The van der Waals surface area contributed by atoms with Crippen LogP contribution in [0, 0.1) is 0 Å². The Morgan fingerprint density at radius 3 is 2.11 bits per heavy atom. The van der Waals surface area contributed by atoms with E-state index in [9.17, 15) is 9.59 Å². The van der Waals surface area contributed by atoms with Gasteiger partial charge in [-0.2, -0.15) is 5.90 Å². The second-order valence-corrected chi connectivity index (χ2v) is 1.45. The van der Waals surface area contributed by atoms with Crippen LogP contribution in [0.4, 0.5) is 0 Å². The lowest BCUT2D eigenvalue weighted by atomic mass is 10.2. The molecule has 1 aromatic rings. The Kier molecular flexibility index (Phi) is 1.000. The van der Waals surface area contributed by atoms with Gasteiger partial charge in [-0.1, -0.05) is 0 Å². The summed E-state index contributed by atoms with van der Waals surface area (Å²) in [5, 5.41) is 8.45. The van der Waals surface area contributed by atoms with Crippen LogP contribution in [0.2, 0.25) is 0 Å². The monoisotopic (exact) mass is 129 g/mol. The van der Waals surface area contributed by atoms with Crippen molar-refractivity contribution in [3.05, 3.63) is 20.4 Å². The van der Waals surface area contributed by atoms with E-state index in [0.717, 1.165) is 0 Å². The van der Waals surface area contributed by atoms with Crippen LogP contribution in [0.1, 0.15) is 0 Å². The lowest BCUT2D eigenvalue weighted by Gasteiger charge is -1.99. The third-order valence-electron chi connectivity index (χ3n) is 0.960. The van der Waals surface area contributed by atoms with Crippen LogP contribution in [0.5, 0.6) is 11.5 Å². The molecule has 0 radical (unpaired) electrons. The first-order chi connectivity index (χ1) is 4.18. The van der Waals surface area contributed by atoms with Gasteiger partial charge in [-0.25, -0.2) is 0 Å². The third kappa shape index (κ3) is 0.516. The molecule has 5 nitrogen and oxygen atoms in total. The van der Waals surface area contributed by atoms with Crippen molar-refractivity contribution >= 4 is 0 Å². The summed E-state index contributed by atoms with van der Waals surface area (Å²) in [6, 6.07) is 0. The van der Waals surface area contributed by atoms with E-state index in [1.807, 2.05) is 0 Å². The molecule has 1 aromatic carbocycles. The molecule has 0 aliphatic heterocycles. The molecule has 5 heteroatoms. The van der Waals surface area contributed by atoms with Crippen molar-refractivity contribution in [2.45, 2.75) is 0 Å². The molecule has 0 saturated heterocycles. The van der Waals surface area contributed by atoms with Crippen LogP contribution in [0.3, 0.4) is 0 Å². The van der Waals surface area contributed by atoms with Gasteiger partial charge >= 0.3 is 0 Å². The molecule has 0 aliphatic rings. The van der Waals surface area contributed by atoms with Gasteiger partial charge in [0.05, 0.1) is 0 Å². The summed E-state index contributed by atoms with van der Waals surface area (Å²) in [5.74, 6) is 3.34. The third-order valence-corrected chi connectivity index (χ3v) is 0.960. The van der Waals surface area contributed by atoms with Gasteiger partial charge in [-0.05, 0) is 0 Å². The minimum absolute atomic E-state index is 0.458. The molecule has 48 valence electrons. The van der Waals surface area contributed by atoms with Crippen molar-refractivity contribution < 1.29 is 9.94 Å². The van der Waals surface area contributed by atoms with Crippen LogP contribution in [0.15, 0.2) is 9.59 Å². The van der Waals surface area contributed by atoms with Crippen LogP contribution in [-0.2, 0) is 0 Å². The van der Waals surface area contributed by atoms with E-state index in [0.29, 0.717) is 0 Å². The molecule has 0 amide bonds. The van der Waals surface area contributed by atoms with Gasteiger partial charge in [0.1, 0.15) is 0 Å². The van der Waals surface area contributed by atoms with Crippen molar-refractivity contribution in [3.63, 3.8) is 0 Å². The first-order valence-electron chi connectivity index (χ1n) is 2.07. The molecule has 0 spiro atoms. The zero-order chi connectivity index (χ0) is 7.02. The largest absolute Gasteiger partial charge is 0.501 e. The van der Waals surface area contributed by atoms with Crippen LogP contribution in [-0.4, -0.2) is 5.11 Å². The number of aromatic hydroxyl groups is 1. The Morgan fingerprint density at radius 1 is 1.33 bits per heavy atom. The maximum atomic E-state index is 10.2. The number of hydrogen-bond donors (Lipinski definition) is 2. The van der Waals surface area contributed by atoms with Gasteiger partial charge in [-0.3, -0.25) is 9.59 Å². The van der Waals surface area contributed by atoms with Crippen molar-refractivity contribution in [3.8, 4) is 11.5 Å². The lowest BCUT2D eigenvalue weighted by Crippen LogP contribution is -2.32. The van der Waals surface area contributed by atoms with E-state index < -0.39 is 22.4 Å². The molecular weight excluding hydrogens is 126 g/mol. The summed E-state index contributed by atoms with van der Waals surface area (Å²) in [6.45, 7) is 0. The lowest BCUT2D eigenvalue weighted by molar-refractivity contribution is 0.300. The SMILES string of the molecule is NOc1c(O)c(=O)c1=O. The first-order valence-corrected chi connectivity index (χ1v) is 2.07. The predicted octanol–water partition coefficient (Wildman–Crippen LogP) is -1.76. The highest BCUT2D eigenvalue weighted by molar-refractivity contribution is 5.44. The summed E-state index contributed by atoms with van der Waals surface area (Å²) < 4.78 is 0. The Bertz CT molecular complexity index is 295. The zero-order valence-electron chi connectivity index (χ0n) is 4.25. The maximum Gasteiger partial charge on any atom is 0.278 e. The molecule has 0 bridgehead atoms. The van der Waals surface area contributed by atoms with Crippen molar-refractivity contribution in [1.82, 2.24) is 0 Å². The topological polar surface area (TPSA) is 89.6 Å². The van der Waals surface area contributed by atoms with Gasteiger partial charge in [0.15, 0.2) is 0 Å². The molecule has 0 aliphatic carbocycles. The van der Waals surface area contributed by atoms with Crippen molar-refractivity contribution in [2.75, 3.05) is 0 Å². The van der Waals surface area contributed by atoms with Gasteiger partial charge < -0.3 is 9.94 Å². The summed E-state index contributed by atoms with van der Waals surface area (Å²) in [4.78, 5) is 24.2. The smallest absolute Gasteiger partial charge is 0.278 e. The van der Waals surface area contributed by atoms with E-state index in [1.54, 1.807) is 0 Å². The maximum absolute atomic E-state index is 10.2. The summed E-state index contributed by atoms with van der Waals surface area (Å²) in [6.07, 6.45) is 0. The normalized spacial score (nSPS) is 9.89. The Morgan fingerprint density at radius 2 is 1.89 bits per heavy atom. The predicted molar refractivity (Wildman–Crippen MR) is 27.8 cm³/mol. The Balaban J connectivity index is 3.25. The average Bonchev–Trinajstić information content (AvgIpc) is 1.89. The summed E-state index contributed by atoms with van der Waals surface area (Å²) in [5.41, 5.74) is -1.83. The second kappa shape index (κ2) is 1.56. The highest BCUT2D eigenvalue weighted by Crippen LogP contribution is 2.14. The highest BCUT2D eigenvalue weighted by Gasteiger charge is 2.20. The van der Waals surface area contributed by atoms with E-state index in [2.05, 4.69) is 10.7 Å². The molecule has 0 saturated carbocycles. The average molecular weight is 129 g/mol. The summed E-state index contributed by atoms with van der Waals surface area (Å²) in [7, 11) is 0. The first kappa shape index (κ1) is 5.77. The second-order valence-electron chi connectivity index (χ2n) is 1.45. The molecule has 0 fully saturated rings. The fourth-order valence-corrected chi connectivity index (χ4v) is 0.468. The molecule has 0 atom stereocenters. The molecule has 0 heterocycles. The molecular formula is C4H3NO4. The number of nitrogens with two attached hydrogens (primary N) is 1. The van der Waals surface area contributed by atoms with Crippen molar-refractivity contribution in [1.29, 1.82) is 0 Å². The number of hydrogen-bond acceptors (Lipinski definition) is 5. The summed E-state index contributed by atoms with van der Waals surface area (Å²) >= 11 is 0. The molecule has 0 unspecified atom stereocenters. The van der Waals surface area contributed by atoms with Crippen LogP contribution >= 0.6 is 0 Å². The standard InChI is InChI=1S/C4H3NO4/c5-9-4-2(7)1(6)3(4)8/h7H,5H2. The minimum atomic E-state index is -0.949. The highest BCUT2D eigenvalue weighted by atomic mass is 16.6. The molecule has 9 heavy (non-hydrogen) atoms. The molecule has 0 aromatic heterocycles. The van der Waals surface area contributed by atoms with Crippen LogP contribution in [0.25, 0.3) is 0 Å². The van der Waals surface area contributed by atoms with Gasteiger partial charge in [0, 0.05) is 0 Å². The number of rotatable bonds is 1. The van der Waals surface area contributed by atoms with Gasteiger partial charge in [-0.15, -0.1) is 0 Å². The van der Waals surface area contributed by atoms with Gasteiger partial charge in [0.2, 0.25) is 11.5 Å². The molecule has 1 rings (SSSR count). The fraction of sp³-hybridized carbons (Fsp3) is 0. The van der Waals surface area contributed by atoms with E-state index >= 15 is 0 Å². The Hall–Kier alpha value is -1.36. The van der Waals surface area contributed by atoms with E-state index in [-0.39, 0.29) is 0 Å². The molecule has 3 N–H and O–H groups in total. The zero-order valence-corrected chi connectivity index (χ0v) is 4.25. The van der Waals surface area contributed by atoms with E-state index in [1.165, 1.54) is 0 Å². The quantitative estimate of drug-likeness (QED) is 0.346. The Labute approximate surface area is 48.9 Å². The van der Waals surface area contributed by atoms with Crippen LogP contribution < -0.4 is 21.6 Å². The van der Waals surface area contributed by atoms with E-state index in [4.69, 9.17) is 5.11 Å². The minimum Gasteiger partial charge on any atom is -0.501 e. The van der Waals surface area contributed by atoms with Crippen molar-refractivity contribution in [2.24, 2.45) is 5.90 Å².